The number of hydrogen-bond donors (Lipinski definition) is 1. The molecule has 0 aliphatic heterocycles. The van der Waals surface area contributed by atoms with Crippen molar-refractivity contribution in [3.63, 3.8) is 0 Å². The normalized spacial score (nSPS) is 10.7. The monoisotopic (exact) mass is 397 g/mol. The van der Waals surface area contributed by atoms with Crippen LogP contribution in [-0.4, -0.2) is 15.7 Å². The van der Waals surface area contributed by atoms with Gasteiger partial charge in [-0.15, -0.1) is 0 Å². The first kappa shape index (κ1) is 19.6. The zero-order valence-corrected chi connectivity index (χ0v) is 16.6. The highest BCUT2D eigenvalue weighted by atomic mass is 16.5. The summed E-state index contributed by atoms with van der Waals surface area (Å²) in [6.07, 6.45) is 1.79. The van der Waals surface area contributed by atoms with Crippen molar-refractivity contribution in [2.75, 3.05) is 0 Å². The molecule has 0 saturated carbocycles. The van der Waals surface area contributed by atoms with Crippen LogP contribution >= 0.6 is 0 Å². The van der Waals surface area contributed by atoms with Crippen molar-refractivity contribution in [3.8, 4) is 5.69 Å². The molecule has 3 aromatic carbocycles. The molecular formula is C25H23N3O2. The second kappa shape index (κ2) is 9.67. The highest BCUT2D eigenvalue weighted by molar-refractivity contribution is 5.92. The minimum absolute atomic E-state index is 0.204. The summed E-state index contributed by atoms with van der Waals surface area (Å²) in [6.45, 7) is 1.46. The lowest BCUT2D eigenvalue weighted by Crippen LogP contribution is -2.24. The average molecular weight is 397 g/mol. The molecule has 4 rings (SSSR count). The summed E-state index contributed by atoms with van der Waals surface area (Å²) >= 11 is 0. The van der Waals surface area contributed by atoms with Gasteiger partial charge in [0.25, 0.3) is 5.91 Å². The fourth-order valence-electron chi connectivity index (χ4n) is 3.16. The first-order chi connectivity index (χ1) is 14.8. The van der Waals surface area contributed by atoms with E-state index in [1.165, 1.54) is 0 Å². The van der Waals surface area contributed by atoms with E-state index in [4.69, 9.17) is 4.74 Å². The molecule has 0 radical (unpaired) electrons. The molecule has 150 valence electrons. The molecule has 0 bridgehead atoms. The van der Waals surface area contributed by atoms with Gasteiger partial charge in [0.1, 0.15) is 0 Å². The predicted octanol–water partition coefficient (Wildman–Crippen LogP) is 4.52. The Morgan fingerprint density at radius 1 is 0.800 bits per heavy atom. The standard InChI is InChI=1S/C25H23N3O2/c29-25(24-15-16-28(27-24)23-13-5-2-6-14-23)26-17-21-11-7-8-12-22(21)19-30-18-20-9-3-1-4-10-20/h1-16H,17-19H2,(H,26,29). The Morgan fingerprint density at radius 3 is 2.23 bits per heavy atom. The van der Waals surface area contributed by atoms with Crippen molar-refractivity contribution in [1.82, 2.24) is 15.1 Å². The van der Waals surface area contributed by atoms with Gasteiger partial charge in [-0.2, -0.15) is 5.10 Å². The molecule has 5 nitrogen and oxygen atoms in total. The number of nitrogens with zero attached hydrogens (tertiary/aromatic N) is 2. The minimum Gasteiger partial charge on any atom is -0.372 e. The molecule has 0 fully saturated rings. The van der Waals surface area contributed by atoms with Gasteiger partial charge < -0.3 is 10.1 Å². The topological polar surface area (TPSA) is 56.1 Å². The van der Waals surface area contributed by atoms with Crippen LogP contribution < -0.4 is 5.32 Å². The molecule has 1 heterocycles. The summed E-state index contributed by atoms with van der Waals surface area (Å²) in [4.78, 5) is 12.6. The molecule has 30 heavy (non-hydrogen) atoms. The van der Waals surface area contributed by atoms with E-state index in [0.717, 1.165) is 22.4 Å². The molecule has 4 aromatic rings. The number of nitrogens with one attached hydrogen (secondary N) is 1. The zero-order valence-electron chi connectivity index (χ0n) is 16.6. The van der Waals surface area contributed by atoms with Gasteiger partial charge in [0, 0.05) is 12.7 Å². The van der Waals surface area contributed by atoms with Crippen molar-refractivity contribution in [2.24, 2.45) is 0 Å². The van der Waals surface area contributed by atoms with E-state index in [2.05, 4.69) is 10.4 Å². The first-order valence-electron chi connectivity index (χ1n) is 9.87. The zero-order chi connectivity index (χ0) is 20.6. The van der Waals surface area contributed by atoms with Gasteiger partial charge >= 0.3 is 0 Å². The molecule has 1 N–H and O–H groups in total. The minimum atomic E-state index is -0.204. The van der Waals surface area contributed by atoms with Gasteiger partial charge in [0.15, 0.2) is 5.69 Å². The Bertz CT molecular complexity index is 1090. The van der Waals surface area contributed by atoms with E-state index >= 15 is 0 Å². The Hall–Kier alpha value is -3.70. The van der Waals surface area contributed by atoms with Crippen LogP contribution in [-0.2, 0) is 24.5 Å². The lowest BCUT2D eigenvalue weighted by molar-refractivity contribution is 0.0942. The number of carbonyl (C=O) groups is 1. The summed E-state index contributed by atoms with van der Waals surface area (Å²) in [7, 11) is 0. The van der Waals surface area contributed by atoms with Crippen LogP contribution in [0.5, 0.6) is 0 Å². The van der Waals surface area contributed by atoms with E-state index in [-0.39, 0.29) is 5.91 Å². The molecule has 0 aliphatic carbocycles. The first-order valence-corrected chi connectivity index (χ1v) is 9.87. The SMILES string of the molecule is O=C(NCc1ccccc1COCc1ccccc1)c1ccn(-c2ccccc2)n1. The molecular weight excluding hydrogens is 374 g/mol. The van der Waals surface area contributed by atoms with Gasteiger partial charge in [-0.25, -0.2) is 4.68 Å². The second-order valence-corrected chi connectivity index (χ2v) is 6.91. The number of ether oxygens (including phenoxy) is 1. The van der Waals surface area contributed by atoms with Crippen LogP contribution in [0.4, 0.5) is 0 Å². The third kappa shape index (κ3) is 5.01. The van der Waals surface area contributed by atoms with E-state index in [0.29, 0.717) is 25.5 Å². The lowest BCUT2D eigenvalue weighted by Gasteiger charge is -2.11. The molecule has 0 saturated heterocycles. The van der Waals surface area contributed by atoms with Gasteiger partial charge in [0.2, 0.25) is 0 Å². The van der Waals surface area contributed by atoms with Crippen molar-refractivity contribution >= 4 is 5.91 Å². The molecule has 0 aliphatic rings. The second-order valence-electron chi connectivity index (χ2n) is 6.91. The van der Waals surface area contributed by atoms with Crippen LogP contribution in [0.3, 0.4) is 0 Å². The van der Waals surface area contributed by atoms with E-state index in [9.17, 15) is 4.79 Å². The van der Waals surface area contributed by atoms with E-state index in [1.807, 2.05) is 84.9 Å². The summed E-state index contributed by atoms with van der Waals surface area (Å²) in [5.41, 5.74) is 4.52. The number of rotatable bonds is 8. The number of hydrogen-bond acceptors (Lipinski definition) is 3. The van der Waals surface area contributed by atoms with E-state index in [1.54, 1.807) is 16.9 Å². The third-order valence-corrected chi connectivity index (χ3v) is 4.77. The van der Waals surface area contributed by atoms with Gasteiger partial charge in [-0.05, 0) is 34.9 Å². The number of para-hydroxylation sites is 1. The van der Waals surface area contributed by atoms with Crippen molar-refractivity contribution < 1.29 is 9.53 Å². The number of benzene rings is 3. The smallest absolute Gasteiger partial charge is 0.272 e. The molecule has 1 aromatic heterocycles. The van der Waals surface area contributed by atoms with Crippen LogP contribution in [0.2, 0.25) is 0 Å². The molecule has 0 atom stereocenters. The Morgan fingerprint density at radius 2 is 1.47 bits per heavy atom. The van der Waals surface area contributed by atoms with Crippen molar-refractivity contribution in [3.05, 3.63) is 120 Å². The van der Waals surface area contributed by atoms with E-state index < -0.39 is 0 Å². The lowest BCUT2D eigenvalue weighted by atomic mass is 10.1. The average Bonchev–Trinajstić information content (AvgIpc) is 3.30. The molecule has 5 heteroatoms. The maximum atomic E-state index is 12.6. The summed E-state index contributed by atoms with van der Waals surface area (Å²) in [6, 6.07) is 29.5. The Kier molecular flexibility index (Phi) is 6.32. The Labute approximate surface area is 175 Å². The number of amides is 1. The van der Waals surface area contributed by atoms with Crippen LogP contribution in [0.25, 0.3) is 5.69 Å². The van der Waals surface area contributed by atoms with Gasteiger partial charge in [-0.3, -0.25) is 4.79 Å². The largest absolute Gasteiger partial charge is 0.372 e. The molecule has 0 spiro atoms. The third-order valence-electron chi connectivity index (χ3n) is 4.77. The summed E-state index contributed by atoms with van der Waals surface area (Å²) < 4.78 is 7.56. The molecule has 0 unspecified atom stereocenters. The summed E-state index contributed by atoms with van der Waals surface area (Å²) in [5, 5.41) is 7.34. The molecule has 1 amide bonds. The van der Waals surface area contributed by atoms with Crippen LogP contribution in [0, 0.1) is 0 Å². The van der Waals surface area contributed by atoms with Crippen molar-refractivity contribution in [1.29, 1.82) is 0 Å². The maximum Gasteiger partial charge on any atom is 0.272 e. The van der Waals surface area contributed by atoms with Crippen LogP contribution in [0.1, 0.15) is 27.2 Å². The van der Waals surface area contributed by atoms with Gasteiger partial charge in [0.05, 0.1) is 18.9 Å². The highest BCUT2D eigenvalue weighted by Crippen LogP contribution is 2.12. The number of carbonyl (C=O) groups excluding carboxylic acids is 1. The maximum absolute atomic E-state index is 12.6. The van der Waals surface area contributed by atoms with Crippen LogP contribution in [0.15, 0.2) is 97.2 Å². The highest BCUT2D eigenvalue weighted by Gasteiger charge is 2.11. The fraction of sp³-hybridized carbons (Fsp3) is 0.120. The predicted molar refractivity (Wildman–Crippen MR) is 116 cm³/mol. The summed E-state index contributed by atoms with van der Waals surface area (Å²) in [5.74, 6) is -0.204. The quantitative estimate of drug-likeness (QED) is 0.476. The fourth-order valence-corrected chi connectivity index (χ4v) is 3.16. The number of aromatic nitrogens is 2. The van der Waals surface area contributed by atoms with Gasteiger partial charge in [-0.1, -0.05) is 72.8 Å². The van der Waals surface area contributed by atoms with Crippen molar-refractivity contribution in [2.45, 2.75) is 19.8 Å². The Balaban J connectivity index is 1.35.